The van der Waals surface area contributed by atoms with Crippen LogP contribution in [0, 0.1) is 0 Å². The van der Waals surface area contributed by atoms with Crippen LogP contribution in [0.25, 0.3) is 0 Å². The molecule has 0 aliphatic carbocycles. The van der Waals surface area contributed by atoms with Crippen LogP contribution < -0.4 is 20.1 Å². The lowest BCUT2D eigenvalue weighted by atomic mass is 10.2. The zero-order valence-corrected chi connectivity index (χ0v) is 18.7. The monoisotopic (exact) mass is 447 g/mol. The number of amides is 2. The summed E-state index contributed by atoms with van der Waals surface area (Å²) in [4.78, 5) is 12.4. The molecule has 0 unspecified atom stereocenters. The Morgan fingerprint density at radius 2 is 1.42 bits per heavy atom. The van der Waals surface area contributed by atoms with Gasteiger partial charge in [0.1, 0.15) is 11.5 Å². The van der Waals surface area contributed by atoms with Crippen molar-refractivity contribution in [2.24, 2.45) is 0 Å². The average molecular weight is 448 g/mol. The maximum Gasteiger partial charge on any atom is 0.315 e. The van der Waals surface area contributed by atoms with Crippen LogP contribution >= 0.6 is 0 Å². The summed E-state index contributed by atoms with van der Waals surface area (Å²) in [6, 6.07) is 11.7. The van der Waals surface area contributed by atoms with Crippen LogP contribution in [0.15, 0.2) is 47.4 Å². The average Bonchev–Trinajstić information content (AvgIpc) is 2.82. The summed E-state index contributed by atoms with van der Waals surface area (Å²) in [5.74, 6) is 1.30. The minimum absolute atomic E-state index is 0.287. The number of piperidine rings is 1. The molecule has 0 radical (unpaired) electrons. The van der Waals surface area contributed by atoms with Crippen LogP contribution in [-0.4, -0.2) is 46.1 Å². The lowest BCUT2D eigenvalue weighted by Gasteiger charge is -2.25. The van der Waals surface area contributed by atoms with Crippen LogP contribution in [0.2, 0.25) is 0 Å². The third-order valence-corrected chi connectivity index (χ3v) is 7.11. The third-order valence-electron chi connectivity index (χ3n) is 5.19. The van der Waals surface area contributed by atoms with Crippen molar-refractivity contribution in [1.29, 1.82) is 0 Å². The van der Waals surface area contributed by atoms with Crippen molar-refractivity contribution in [3.05, 3.63) is 53.6 Å². The highest BCUT2D eigenvalue weighted by atomic mass is 32.2. The number of methoxy groups -OCH3 is 2. The zero-order valence-electron chi connectivity index (χ0n) is 17.9. The Balaban J connectivity index is 1.51. The van der Waals surface area contributed by atoms with Crippen molar-refractivity contribution < 1.29 is 22.7 Å². The van der Waals surface area contributed by atoms with Gasteiger partial charge >= 0.3 is 6.03 Å². The Morgan fingerprint density at radius 1 is 0.871 bits per heavy atom. The molecule has 168 valence electrons. The summed E-state index contributed by atoms with van der Waals surface area (Å²) in [5, 5.41) is 5.56. The lowest BCUT2D eigenvalue weighted by Crippen LogP contribution is -2.35. The van der Waals surface area contributed by atoms with Crippen molar-refractivity contribution in [1.82, 2.24) is 14.9 Å². The van der Waals surface area contributed by atoms with Crippen LogP contribution in [0.1, 0.15) is 30.4 Å². The van der Waals surface area contributed by atoms with Gasteiger partial charge in [-0.25, -0.2) is 13.2 Å². The van der Waals surface area contributed by atoms with E-state index in [-0.39, 0.29) is 17.5 Å². The van der Waals surface area contributed by atoms with Crippen molar-refractivity contribution in [3.63, 3.8) is 0 Å². The number of nitrogens with one attached hydrogen (secondary N) is 2. The van der Waals surface area contributed by atoms with Crippen LogP contribution in [0.4, 0.5) is 4.79 Å². The molecule has 1 fully saturated rings. The fourth-order valence-electron chi connectivity index (χ4n) is 3.43. The second-order valence-corrected chi connectivity index (χ2v) is 9.30. The molecule has 0 atom stereocenters. The predicted octanol–water partition coefficient (Wildman–Crippen LogP) is 2.88. The predicted molar refractivity (Wildman–Crippen MR) is 118 cm³/mol. The first-order chi connectivity index (χ1) is 14.9. The molecule has 0 bridgehead atoms. The topological polar surface area (TPSA) is 97.0 Å². The van der Waals surface area contributed by atoms with E-state index in [1.165, 1.54) is 0 Å². The molecule has 1 aliphatic rings. The summed E-state index contributed by atoms with van der Waals surface area (Å²) in [5.41, 5.74) is 1.66. The molecule has 1 aliphatic heterocycles. The Hall–Kier alpha value is -2.78. The number of sulfonamides is 1. The number of hydrogen-bond donors (Lipinski definition) is 2. The molecule has 2 amide bonds. The summed E-state index contributed by atoms with van der Waals surface area (Å²) >= 11 is 0. The van der Waals surface area contributed by atoms with Gasteiger partial charge in [0.05, 0.1) is 19.1 Å². The van der Waals surface area contributed by atoms with E-state index < -0.39 is 10.0 Å². The number of ether oxygens (including phenoxy) is 2. The maximum absolute atomic E-state index is 12.7. The van der Waals surface area contributed by atoms with Gasteiger partial charge in [-0.1, -0.05) is 18.6 Å². The van der Waals surface area contributed by atoms with Crippen molar-refractivity contribution >= 4 is 16.1 Å². The highest BCUT2D eigenvalue weighted by Gasteiger charge is 2.25. The highest BCUT2D eigenvalue weighted by Crippen LogP contribution is 2.22. The zero-order chi connectivity index (χ0) is 22.3. The van der Waals surface area contributed by atoms with Gasteiger partial charge in [0, 0.05) is 32.2 Å². The molecule has 9 heteroatoms. The Kier molecular flexibility index (Phi) is 7.75. The standard InChI is InChI=1S/C22H29N3O5S/c1-29-19-12-18(13-20(14-19)30-2)16-24-22(26)23-15-17-6-8-21(9-7-17)31(27,28)25-10-4-3-5-11-25/h6-9,12-14H,3-5,10-11,15-16H2,1-2H3,(H2,23,24,26). The number of carbonyl (C=O) groups is 1. The largest absolute Gasteiger partial charge is 0.497 e. The van der Waals surface area contributed by atoms with Crippen LogP contribution in [-0.2, 0) is 23.1 Å². The molecule has 2 N–H and O–H groups in total. The minimum atomic E-state index is -3.45. The molecule has 2 aromatic carbocycles. The molecule has 1 saturated heterocycles. The summed E-state index contributed by atoms with van der Waals surface area (Å²) in [6.07, 6.45) is 2.88. The van der Waals surface area contributed by atoms with Gasteiger partial charge in [-0.05, 0) is 48.2 Å². The Bertz CT molecular complexity index is 964. The molecule has 8 nitrogen and oxygen atoms in total. The van der Waals surface area contributed by atoms with Gasteiger partial charge in [-0.15, -0.1) is 0 Å². The van der Waals surface area contributed by atoms with E-state index in [0.717, 1.165) is 30.4 Å². The Labute approximate surface area is 183 Å². The van der Waals surface area contributed by atoms with Gasteiger partial charge in [0.15, 0.2) is 0 Å². The molecule has 31 heavy (non-hydrogen) atoms. The quantitative estimate of drug-likeness (QED) is 0.649. The van der Waals surface area contributed by atoms with Crippen LogP contribution in [0.5, 0.6) is 11.5 Å². The second-order valence-electron chi connectivity index (χ2n) is 7.37. The molecule has 3 rings (SSSR count). The SMILES string of the molecule is COc1cc(CNC(=O)NCc2ccc(S(=O)(=O)N3CCCCC3)cc2)cc(OC)c1. The summed E-state index contributed by atoms with van der Waals surface area (Å²) in [7, 11) is -0.305. The molecule has 0 saturated carbocycles. The highest BCUT2D eigenvalue weighted by molar-refractivity contribution is 7.89. The molecular formula is C22H29N3O5S. The molecular weight excluding hydrogens is 418 g/mol. The van der Waals surface area contributed by atoms with Gasteiger partial charge in [0.2, 0.25) is 10.0 Å². The van der Waals surface area contributed by atoms with Gasteiger partial charge in [-0.3, -0.25) is 0 Å². The second kappa shape index (κ2) is 10.5. The molecule has 2 aromatic rings. The first kappa shape index (κ1) is 22.9. The maximum atomic E-state index is 12.7. The molecule has 0 aromatic heterocycles. The van der Waals surface area contributed by atoms with E-state index in [1.54, 1.807) is 48.9 Å². The fraction of sp³-hybridized carbons (Fsp3) is 0.409. The number of benzene rings is 2. The Morgan fingerprint density at radius 3 is 1.97 bits per heavy atom. The molecule has 1 heterocycles. The van der Waals surface area contributed by atoms with Crippen molar-refractivity contribution in [2.75, 3.05) is 27.3 Å². The number of carbonyl (C=O) groups excluding carboxylic acids is 1. The van der Waals surface area contributed by atoms with E-state index in [2.05, 4.69) is 10.6 Å². The number of rotatable bonds is 8. The molecule has 0 spiro atoms. The van der Waals surface area contributed by atoms with Crippen molar-refractivity contribution in [2.45, 2.75) is 37.2 Å². The van der Waals surface area contributed by atoms with E-state index >= 15 is 0 Å². The number of nitrogens with zero attached hydrogens (tertiary/aromatic N) is 1. The summed E-state index contributed by atoms with van der Waals surface area (Å²) < 4.78 is 37.4. The summed E-state index contributed by atoms with van der Waals surface area (Å²) in [6.45, 7) is 1.75. The van der Waals surface area contributed by atoms with Gasteiger partial charge in [0.25, 0.3) is 0 Å². The normalized spacial score (nSPS) is 14.6. The smallest absolute Gasteiger partial charge is 0.315 e. The van der Waals surface area contributed by atoms with E-state index in [4.69, 9.17) is 9.47 Å². The minimum Gasteiger partial charge on any atom is -0.497 e. The van der Waals surface area contributed by atoms with Gasteiger partial charge < -0.3 is 20.1 Å². The van der Waals surface area contributed by atoms with Gasteiger partial charge in [-0.2, -0.15) is 4.31 Å². The first-order valence-electron chi connectivity index (χ1n) is 10.2. The van der Waals surface area contributed by atoms with Crippen molar-refractivity contribution in [3.8, 4) is 11.5 Å². The van der Waals surface area contributed by atoms with E-state index in [9.17, 15) is 13.2 Å². The third kappa shape index (κ3) is 6.11. The van der Waals surface area contributed by atoms with Crippen LogP contribution in [0.3, 0.4) is 0 Å². The number of hydrogen-bond acceptors (Lipinski definition) is 5. The van der Waals surface area contributed by atoms with E-state index in [1.807, 2.05) is 12.1 Å². The lowest BCUT2D eigenvalue weighted by molar-refractivity contribution is 0.240. The fourth-order valence-corrected chi connectivity index (χ4v) is 4.95. The first-order valence-corrected chi connectivity index (χ1v) is 11.7. The van der Waals surface area contributed by atoms with E-state index in [0.29, 0.717) is 31.1 Å². The number of urea groups is 1.